The summed E-state index contributed by atoms with van der Waals surface area (Å²) in [4.78, 5) is 16.3. The SMILES string of the molecule is C[C@H]1CN(Cc2ccccc2)C(=S)N(c2ccccc2)C1=O. The Morgan fingerprint density at radius 3 is 2.27 bits per heavy atom. The lowest BCUT2D eigenvalue weighted by molar-refractivity contribution is -0.122. The van der Waals surface area contributed by atoms with Crippen molar-refractivity contribution in [3.63, 3.8) is 0 Å². The Labute approximate surface area is 136 Å². The Hall–Kier alpha value is -2.20. The van der Waals surface area contributed by atoms with E-state index in [0.29, 0.717) is 11.7 Å². The maximum absolute atomic E-state index is 12.5. The van der Waals surface area contributed by atoms with Crippen LogP contribution in [0.2, 0.25) is 0 Å². The van der Waals surface area contributed by atoms with E-state index >= 15 is 0 Å². The second-order valence-corrected chi connectivity index (χ2v) is 5.92. The van der Waals surface area contributed by atoms with Crippen molar-refractivity contribution in [1.82, 2.24) is 4.90 Å². The normalized spacial score (nSPS) is 18.7. The van der Waals surface area contributed by atoms with E-state index in [1.54, 1.807) is 4.90 Å². The zero-order valence-electron chi connectivity index (χ0n) is 12.5. The minimum atomic E-state index is -0.0735. The van der Waals surface area contributed by atoms with E-state index in [2.05, 4.69) is 17.0 Å². The van der Waals surface area contributed by atoms with Gasteiger partial charge < -0.3 is 4.90 Å². The number of anilines is 1. The van der Waals surface area contributed by atoms with Crippen LogP contribution < -0.4 is 4.90 Å². The van der Waals surface area contributed by atoms with Crippen molar-refractivity contribution < 1.29 is 4.79 Å². The monoisotopic (exact) mass is 310 g/mol. The fraction of sp³-hybridized carbons (Fsp3) is 0.222. The summed E-state index contributed by atoms with van der Waals surface area (Å²) in [5.74, 6) is -0.00358. The Kier molecular flexibility index (Phi) is 4.20. The number of hydrogen-bond acceptors (Lipinski definition) is 2. The molecule has 3 nitrogen and oxygen atoms in total. The topological polar surface area (TPSA) is 23.6 Å². The highest BCUT2D eigenvalue weighted by Gasteiger charge is 2.34. The molecule has 0 radical (unpaired) electrons. The van der Waals surface area contributed by atoms with Gasteiger partial charge in [-0.1, -0.05) is 55.5 Å². The summed E-state index contributed by atoms with van der Waals surface area (Å²) in [7, 11) is 0. The van der Waals surface area contributed by atoms with Gasteiger partial charge in [-0.3, -0.25) is 9.69 Å². The van der Waals surface area contributed by atoms with Crippen LogP contribution in [0.4, 0.5) is 5.69 Å². The summed E-state index contributed by atoms with van der Waals surface area (Å²) in [5.41, 5.74) is 2.03. The van der Waals surface area contributed by atoms with Crippen LogP contribution in [0.1, 0.15) is 12.5 Å². The number of nitrogens with zero attached hydrogens (tertiary/aromatic N) is 2. The van der Waals surface area contributed by atoms with Crippen molar-refractivity contribution >= 4 is 28.9 Å². The molecule has 22 heavy (non-hydrogen) atoms. The molecular weight excluding hydrogens is 292 g/mol. The molecule has 0 aromatic heterocycles. The molecule has 2 aromatic carbocycles. The highest BCUT2D eigenvalue weighted by Crippen LogP contribution is 2.24. The molecular formula is C18H18N2OS. The number of benzene rings is 2. The van der Waals surface area contributed by atoms with Gasteiger partial charge in [-0.25, -0.2) is 0 Å². The van der Waals surface area contributed by atoms with Crippen LogP contribution in [-0.4, -0.2) is 22.5 Å². The minimum Gasteiger partial charge on any atom is -0.343 e. The van der Waals surface area contributed by atoms with Gasteiger partial charge in [0.1, 0.15) is 0 Å². The molecule has 1 atom stereocenters. The van der Waals surface area contributed by atoms with E-state index in [9.17, 15) is 4.79 Å². The summed E-state index contributed by atoms with van der Waals surface area (Å²) < 4.78 is 0. The van der Waals surface area contributed by atoms with Crippen LogP contribution in [0.3, 0.4) is 0 Å². The molecule has 0 aliphatic carbocycles. The molecule has 0 unspecified atom stereocenters. The molecule has 0 spiro atoms. The smallest absolute Gasteiger partial charge is 0.237 e. The predicted octanol–water partition coefficient (Wildman–Crippen LogP) is 3.46. The zero-order chi connectivity index (χ0) is 15.5. The number of carbonyl (C=O) groups excluding carboxylic acids is 1. The Morgan fingerprint density at radius 1 is 1.05 bits per heavy atom. The van der Waals surface area contributed by atoms with Gasteiger partial charge in [-0.2, -0.15) is 0 Å². The third-order valence-corrected chi connectivity index (χ3v) is 4.27. The number of para-hydroxylation sites is 1. The van der Waals surface area contributed by atoms with Gasteiger partial charge in [0.2, 0.25) is 5.91 Å². The third kappa shape index (κ3) is 2.88. The Morgan fingerprint density at radius 2 is 1.64 bits per heavy atom. The van der Waals surface area contributed by atoms with Crippen LogP contribution in [0.5, 0.6) is 0 Å². The van der Waals surface area contributed by atoms with Crippen molar-refractivity contribution in [3.05, 3.63) is 66.2 Å². The highest BCUT2D eigenvalue weighted by atomic mass is 32.1. The van der Waals surface area contributed by atoms with Crippen molar-refractivity contribution in [2.75, 3.05) is 11.4 Å². The average molecular weight is 310 g/mol. The summed E-state index contributed by atoms with van der Waals surface area (Å²) in [6, 6.07) is 19.8. The van der Waals surface area contributed by atoms with Crippen LogP contribution in [0, 0.1) is 5.92 Å². The molecule has 1 amide bonds. The molecule has 4 heteroatoms. The maximum atomic E-state index is 12.5. The average Bonchev–Trinajstić information content (AvgIpc) is 2.55. The summed E-state index contributed by atoms with van der Waals surface area (Å²) in [5, 5.41) is 0.582. The third-order valence-electron chi connectivity index (χ3n) is 3.83. The first-order chi connectivity index (χ1) is 10.7. The zero-order valence-corrected chi connectivity index (χ0v) is 13.3. The molecule has 1 heterocycles. The molecule has 3 rings (SSSR count). The van der Waals surface area contributed by atoms with E-state index in [-0.39, 0.29) is 11.8 Å². The van der Waals surface area contributed by atoms with Crippen LogP contribution in [0.15, 0.2) is 60.7 Å². The molecule has 1 aliphatic heterocycles. The maximum Gasteiger partial charge on any atom is 0.237 e. The fourth-order valence-electron chi connectivity index (χ4n) is 2.69. The predicted molar refractivity (Wildman–Crippen MR) is 92.5 cm³/mol. The molecule has 2 aromatic rings. The van der Waals surface area contributed by atoms with Crippen molar-refractivity contribution in [2.24, 2.45) is 5.92 Å². The molecule has 1 fully saturated rings. The summed E-state index contributed by atoms with van der Waals surface area (Å²) in [6.07, 6.45) is 0. The van der Waals surface area contributed by atoms with Crippen molar-refractivity contribution in [3.8, 4) is 0 Å². The molecule has 0 bridgehead atoms. The lowest BCUT2D eigenvalue weighted by Crippen LogP contribution is -2.55. The van der Waals surface area contributed by atoms with Crippen molar-refractivity contribution in [2.45, 2.75) is 13.5 Å². The molecule has 0 saturated carbocycles. The van der Waals surface area contributed by atoms with Gasteiger partial charge >= 0.3 is 0 Å². The van der Waals surface area contributed by atoms with Gasteiger partial charge in [-0.15, -0.1) is 0 Å². The standard InChI is InChI=1S/C18H18N2OS/c1-14-12-19(13-15-8-4-2-5-9-15)18(22)20(17(14)21)16-10-6-3-7-11-16/h2-11,14H,12-13H2,1H3/t14-/m0/s1. The lowest BCUT2D eigenvalue weighted by atomic mass is 10.1. The summed E-state index contributed by atoms with van der Waals surface area (Å²) in [6.45, 7) is 3.34. The van der Waals surface area contributed by atoms with Crippen molar-refractivity contribution in [1.29, 1.82) is 0 Å². The van der Waals surface area contributed by atoms with Gasteiger partial charge in [0.15, 0.2) is 5.11 Å². The minimum absolute atomic E-state index is 0.0699. The molecule has 0 N–H and O–H groups in total. The fourth-order valence-corrected chi connectivity index (χ4v) is 3.03. The highest BCUT2D eigenvalue weighted by molar-refractivity contribution is 7.80. The van der Waals surface area contributed by atoms with E-state index < -0.39 is 0 Å². The second kappa shape index (κ2) is 6.28. The Bertz CT molecular complexity index is 672. The first-order valence-electron chi connectivity index (χ1n) is 7.38. The van der Waals surface area contributed by atoms with Gasteiger partial charge in [0, 0.05) is 13.1 Å². The van der Waals surface area contributed by atoms with E-state index in [1.807, 2.05) is 55.5 Å². The second-order valence-electron chi connectivity index (χ2n) is 5.56. The van der Waals surface area contributed by atoms with Crippen LogP contribution in [-0.2, 0) is 11.3 Å². The number of amides is 1. The van der Waals surface area contributed by atoms with Gasteiger partial charge in [0.05, 0.1) is 11.6 Å². The largest absolute Gasteiger partial charge is 0.343 e. The molecule has 112 valence electrons. The molecule has 1 saturated heterocycles. The number of carbonyl (C=O) groups is 1. The quantitative estimate of drug-likeness (QED) is 0.811. The van der Waals surface area contributed by atoms with Gasteiger partial charge in [0.25, 0.3) is 0 Å². The number of hydrogen-bond donors (Lipinski definition) is 0. The Balaban J connectivity index is 1.87. The first kappa shape index (κ1) is 14.7. The first-order valence-corrected chi connectivity index (χ1v) is 7.79. The van der Waals surface area contributed by atoms with Crippen LogP contribution in [0.25, 0.3) is 0 Å². The molecule has 1 aliphatic rings. The van der Waals surface area contributed by atoms with E-state index in [1.165, 1.54) is 5.56 Å². The summed E-state index contributed by atoms with van der Waals surface area (Å²) >= 11 is 5.59. The van der Waals surface area contributed by atoms with E-state index in [4.69, 9.17) is 12.2 Å². The van der Waals surface area contributed by atoms with Gasteiger partial charge in [-0.05, 0) is 29.9 Å². The van der Waals surface area contributed by atoms with E-state index in [0.717, 1.165) is 12.2 Å². The van der Waals surface area contributed by atoms with Crippen LogP contribution >= 0.6 is 12.2 Å². The lowest BCUT2D eigenvalue weighted by Gasteiger charge is -2.40. The number of rotatable bonds is 3. The number of thiocarbonyl (C=S) groups is 1.